The molecule has 0 aliphatic rings. The Kier molecular flexibility index (Phi) is 4.89. The summed E-state index contributed by atoms with van der Waals surface area (Å²) in [7, 11) is 0. The van der Waals surface area contributed by atoms with E-state index >= 15 is 0 Å². The number of aryl methyl sites for hydroxylation is 1. The predicted molar refractivity (Wildman–Crippen MR) is 76.7 cm³/mol. The van der Waals surface area contributed by atoms with E-state index in [9.17, 15) is 13.6 Å². The third-order valence-corrected chi connectivity index (χ3v) is 3.35. The molecule has 0 fully saturated rings. The van der Waals surface area contributed by atoms with Gasteiger partial charge in [0.15, 0.2) is 22.6 Å². The number of nitrogens with zero attached hydrogens (tertiary/aromatic N) is 2. The summed E-state index contributed by atoms with van der Waals surface area (Å²) >= 11 is 0.839. The first-order valence-electron chi connectivity index (χ1n) is 6.35. The molecule has 0 saturated carbocycles. The molecule has 0 saturated heterocycles. The highest BCUT2D eigenvalue weighted by Gasteiger charge is 2.14. The molecule has 112 valence electrons. The maximum atomic E-state index is 13.8. The Balaban J connectivity index is 2.32. The van der Waals surface area contributed by atoms with Crippen molar-refractivity contribution in [2.24, 2.45) is 0 Å². The van der Waals surface area contributed by atoms with Crippen molar-refractivity contribution in [2.75, 3.05) is 11.9 Å². The molecule has 2 aromatic rings. The predicted octanol–water partition coefficient (Wildman–Crippen LogP) is 2.72. The molecule has 0 aliphatic carbocycles. The van der Waals surface area contributed by atoms with Gasteiger partial charge < -0.3 is 10.3 Å². The lowest BCUT2D eigenvalue weighted by molar-refractivity contribution is 0.550. The van der Waals surface area contributed by atoms with Crippen LogP contribution in [0.4, 0.5) is 14.6 Å². The van der Waals surface area contributed by atoms with Crippen LogP contribution in [0.2, 0.25) is 0 Å². The molecule has 2 rings (SSSR count). The molecule has 2 heterocycles. The van der Waals surface area contributed by atoms with Crippen LogP contribution in [0.5, 0.6) is 0 Å². The van der Waals surface area contributed by atoms with Crippen LogP contribution in [0.1, 0.15) is 19.0 Å². The summed E-state index contributed by atoms with van der Waals surface area (Å²) in [4.78, 5) is 21.8. The van der Waals surface area contributed by atoms with Crippen LogP contribution in [0.25, 0.3) is 0 Å². The minimum atomic E-state index is -0.802. The van der Waals surface area contributed by atoms with Gasteiger partial charge >= 0.3 is 0 Å². The van der Waals surface area contributed by atoms with Gasteiger partial charge in [-0.2, -0.15) is 0 Å². The van der Waals surface area contributed by atoms with Gasteiger partial charge in [-0.3, -0.25) is 4.79 Å². The topological polar surface area (TPSA) is 70.7 Å². The third kappa shape index (κ3) is 4.01. The van der Waals surface area contributed by atoms with Crippen molar-refractivity contribution >= 4 is 17.6 Å². The van der Waals surface area contributed by atoms with E-state index in [4.69, 9.17) is 0 Å². The lowest BCUT2D eigenvalue weighted by Crippen LogP contribution is -2.09. The van der Waals surface area contributed by atoms with E-state index in [2.05, 4.69) is 20.3 Å². The zero-order chi connectivity index (χ0) is 15.4. The Hall–Kier alpha value is -1.96. The van der Waals surface area contributed by atoms with Crippen molar-refractivity contribution in [3.05, 3.63) is 39.8 Å². The van der Waals surface area contributed by atoms with E-state index in [0.717, 1.165) is 24.2 Å². The Bertz CT molecular complexity index is 705. The van der Waals surface area contributed by atoms with Crippen molar-refractivity contribution in [1.82, 2.24) is 15.0 Å². The Morgan fingerprint density at radius 2 is 2.05 bits per heavy atom. The van der Waals surface area contributed by atoms with Gasteiger partial charge in [0.05, 0.1) is 0 Å². The maximum absolute atomic E-state index is 13.8. The quantitative estimate of drug-likeness (QED) is 0.831. The molecule has 8 heteroatoms. The first kappa shape index (κ1) is 15.4. The number of H-pyrrole nitrogens is 1. The van der Waals surface area contributed by atoms with E-state index in [1.54, 1.807) is 6.92 Å². The molecule has 0 aromatic carbocycles. The summed E-state index contributed by atoms with van der Waals surface area (Å²) in [6.07, 6.45) is 0.785. The first-order chi connectivity index (χ1) is 9.99. The second-order valence-electron chi connectivity index (χ2n) is 4.33. The molecule has 0 atom stereocenters. The molecular weight excluding hydrogens is 298 g/mol. The van der Waals surface area contributed by atoms with Gasteiger partial charge in [0.2, 0.25) is 0 Å². The summed E-state index contributed by atoms with van der Waals surface area (Å²) in [5, 5.41) is 2.94. The zero-order valence-corrected chi connectivity index (χ0v) is 12.4. The van der Waals surface area contributed by atoms with Crippen molar-refractivity contribution in [3.63, 3.8) is 0 Å². The standard InChI is InChI=1S/C13H14F2N4OS/c1-3-4-16-11-8(14)6-9(15)12(19-11)21-13-17-7(2)5-10(20)18-13/h5-6H,3-4H2,1-2H3,(H,16,19)(H,17,18,20). The highest BCUT2D eigenvalue weighted by Crippen LogP contribution is 2.27. The average molecular weight is 312 g/mol. The summed E-state index contributed by atoms with van der Waals surface area (Å²) in [6.45, 7) is 4.10. The van der Waals surface area contributed by atoms with Crippen LogP contribution in [0, 0.1) is 18.6 Å². The number of hydrogen-bond acceptors (Lipinski definition) is 5. The molecule has 0 aliphatic heterocycles. The molecule has 0 spiro atoms. The van der Waals surface area contributed by atoms with Crippen LogP contribution < -0.4 is 10.9 Å². The maximum Gasteiger partial charge on any atom is 0.251 e. The second kappa shape index (κ2) is 6.66. The van der Waals surface area contributed by atoms with Crippen LogP contribution in [0.15, 0.2) is 27.1 Å². The molecule has 2 aromatic heterocycles. The molecule has 5 nitrogen and oxygen atoms in total. The van der Waals surface area contributed by atoms with Gasteiger partial charge in [-0.05, 0) is 25.1 Å². The molecule has 21 heavy (non-hydrogen) atoms. The summed E-state index contributed by atoms with van der Waals surface area (Å²) < 4.78 is 27.3. The smallest absolute Gasteiger partial charge is 0.251 e. The Labute approximate surface area is 124 Å². The Morgan fingerprint density at radius 3 is 2.71 bits per heavy atom. The van der Waals surface area contributed by atoms with E-state index in [-0.39, 0.29) is 21.6 Å². The molecule has 0 bridgehead atoms. The number of halogens is 2. The highest BCUT2D eigenvalue weighted by molar-refractivity contribution is 7.99. The van der Waals surface area contributed by atoms with Crippen LogP contribution in [0.3, 0.4) is 0 Å². The number of aromatic amines is 1. The molecule has 0 amide bonds. The summed E-state index contributed by atoms with van der Waals surface area (Å²) in [5.41, 5.74) is 0.171. The van der Waals surface area contributed by atoms with Crippen LogP contribution >= 0.6 is 11.8 Å². The van der Waals surface area contributed by atoms with Gasteiger partial charge in [0, 0.05) is 24.4 Å². The molecule has 0 unspecified atom stereocenters. The average Bonchev–Trinajstić information content (AvgIpc) is 2.39. The van der Waals surface area contributed by atoms with Gasteiger partial charge in [0.1, 0.15) is 5.03 Å². The van der Waals surface area contributed by atoms with Crippen LogP contribution in [-0.4, -0.2) is 21.5 Å². The molecule has 0 radical (unpaired) electrons. The normalized spacial score (nSPS) is 10.7. The minimum Gasteiger partial charge on any atom is -0.368 e. The fraction of sp³-hybridized carbons (Fsp3) is 0.308. The Morgan fingerprint density at radius 1 is 1.29 bits per heavy atom. The fourth-order valence-corrected chi connectivity index (χ4v) is 2.40. The SMILES string of the molecule is CCCNc1nc(Sc2nc(C)cc(=O)[nH]2)c(F)cc1F. The van der Waals surface area contributed by atoms with E-state index in [0.29, 0.717) is 12.2 Å². The summed E-state index contributed by atoms with van der Waals surface area (Å²) in [6, 6.07) is 2.09. The highest BCUT2D eigenvalue weighted by atomic mass is 32.2. The second-order valence-corrected chi connectivity index (χ2v) is 5.30. The molecule has 2 N–H and O–H groups in total. The number of pyridine rings is 1. The van der Waals surface area contributed by atoms with Crippen LogP contribution in [-0.2, 0) is 0 Å². The number of rotatable bonds is 5. The largest absolute Gasteiger partial charge is 0.368 e. The number of hydrogen-bond donors (Lipinski definition) is 2. The van der Waals surface area contributed by atoms with E-state index < -0.39 is 11.6 Å². The van der Waals surface area contributed by atoms with Crippen molar-refractivity contribution in [2.45, 2.75) is 30.5 Å². The minimum absolute atomic E-state index is 0.0178. The van der Waals surface area contributed by atoms with Gasteiger partial charge in [-0.1, -0.05) is 6.92 Å². The summed E-state index contributed by atoms with van der Waals surface area (Å²) in [5.74, 6) is -1.57. The van der Waals surface area contributed by atoms with Crippen molar-refractivity contribution < 1.29 is 8.78 Å². The van der Waals surface area contributed by atoms with E-state index in [1.165, 1.54) is 6.07 Å². The van der Waals surface area contributed by atoms with E-state index in [1.807, 2.05) is 6.92 Å². The van der Waals surface area contributed by atoms with Gasteiger partial charge in [-0.15, -0.1) is 0 Å². The third-order valence-electron chi connectivity index (χ3n) is 2.48. The monoisotopic (exact) mass is 312 g/mol. The number of nitrogens with one attached hydrogen (secondary N) is 2. The number of anilines is 1. The van der Waals surface area contributed by atoms with Crippen molar-refractivity contribution in [1.29, 1.82) is 0 Å². The lowest BCUT2D eigenvalue weighted by atomic mass is 10.4. The fourth-order valence-electron chi connectivity index (χ4n) is 1.58. The molecular formula is C13H14F2N4OS. The van der Waals surface area contributed by atoms with Gasteiger partial charge in [-0.25, -0.2) is 18.7 Å². The van der Waals surface area contributed by atoms with Gasteiger partial charge in [0.25, 0.3) is 5.56 Å². The van der Waals surface area contributed by atoms with Crippen molar-refractivity contribution in [3.8, 4) is 0 Å². The zero-order valence-electron chi connectivity index (χ0n) is 11.5. The lowest BCUT2D eigenvalue weighted by Gasteiger charge is -2.08. The number of aromatic nitrogens is 3. The first-order valence-corrected chi connectivity index (χ1v) is 7.17.